The maximum absolute atomic E-state index is 13.6. The van der Waals surface area contributed by atoms with Crippen LogP contribution in [-0.4, -0.2) is 93.1 Å². The average molecular weight is 789 g/mol. The van der Waals surface area contributed by atoms with Crippen molar-refractivity contribution in [2.24, 2.45) is 11.8 Å². The van der Waals surface area contributed by atoms with Crippen molar-refractivity contribution in [1.82, 2.24) is 40.4 Å². The maximum atomic E-state index is 13.6. The summed E-state index contributed by atoms with van der Waals surface area (Å²) in [6.07, 6.45) is 5.65. The Bertz CT molecular complexity index is 2280. The minimum Gasteiger partial charge on any atom is -0.453 e. The summed E-state index contributed by atoms with van der Waals surface area (Å²) in [6, 6.07) is 19.3. The van der Waals surface area contributed by atoms with Crippen molar-refractivity contribution in [3.05, 3.63) is 84.7 Å². The molecule has 0 saturated carbocycles. The van der Waals surface area contributed by atoms with Crippen LogP contribution in [0.3, 0.4) is 0 Å². The Morgan fingerprint density at radius 3 is 1.50 bits per heavy atom. The number of aromatic amines is 2. The van der Waals surface area contributed by atoms with Gasteiger partial charge in [0.2, 0.25) is 11.8 Å². The molecule has 2 fully saturated rings. The molecule has 2 aromatic heterocycles. The van der Waals surface area contributed by atoms with Gasteiger partial charge in [0.15, 0.2) is 0 Å². The number of amides is 4. The summed E-state index contributed by atoms with van der Waals surface area (Å²) >= 11 is 0. The Kier molecular flexibility index (Phi) is 11.8. The molecule has 14 heteroatoms. The van der Waals surface area contributed by atoms with E-state index >= 15 is 0 Å². The van der Waals surface area contributed by atoms with Crippen LogP contribution in [0.25, 0.3) is 44.4 Å². The fourth-order valence-corrected chi connectivity index (χ4v) is 8.13. The van der Waals surface area contributed by atoms with Gasteiger partial charge in [0.1, 0.15) is 23.7 Å². The van der Waals surface area contributed by atoms with Crippen LogP contribution in [0, 0.1) is 11.8 Å². The molecule has 4 heterocycles. The first-order valence-electron chi connectivity index (χ1n) is 20.0. The average Bonchev–Trinajstić information content (AvgIpc) is 4.07. The SMILES string of the molecule is COC(=O)NC(C(=O)N1CCCC1c1ncc(-c2ccc(-c3ccc4cc(-c5cnc(C6CCCN6C(=O)C(NC(=O)OC)C(C)C)[nH]5)ccc4c3)cc2)[nH]1)C(C)C. The fourth-order valence-electron chi connectivity index (χ4n) is 8.13. The molecule has 0 radical (unpaired) electrons. The summed E-state index contributed by atoms with van der Waals surface area (Å²) in [6.45, 7) is 8.81. The second-order valence-electron chi connectivity index (χ2n) is 15.8. The quantitative estimate of drug-likeness (QED) is 0.107. The molecule has 58 heavy (non-hydrogen) atoms. The normalized spacial score (nSPS) is 17.8. The van der Waals surface area contributed by atoms with Gasteiger partial charge in [-0.2, -0.15) is 0 Å². The van der Waals surface area contributed by atoms with E-state index in [1.807, 2.05) is 49.9 Å². The van der Waals surface area contributed by atoms with Gasteiger partial charge in [-0.3, -0.25) is 9.59 Å². The van der Waals surface area contributed by atoms with Crippen LogP contribution >= 0.6 is 0 Å². The molecule has 4 N–H and O–H groups in total. The summed E-state index contributed by atoms with van der Waals surface area (Å²) in [7, 11) is 2.58. The number of hydrogen-bond acceptors (Lipinski definition) is 8. The van der Waals surface area contributed by atoms with Gasteiger partial charge in [-0.25, -0.2) is 19.6 Å². The lowest BCUT2D eigenvalue weighted by atomic mass is 9.98. The topological polar surface area (TPSA) is 175 Å². The summed E-state index contributed by atoms with van der Waals surface area (Å²) in [5.41, 5.74) is 5.88. The first-order chi connectivity index (χ1) is 27.9. The number of nitrogens with zero attached hydrogens (tertiary/aromatic N) is 4. The number of ether oxygens (including phenoxy) is 2. The molecule has 2 aliphatic heterocycles. The van der Waals surface area contributed by atoms with E-state index in [1.165, 1.54) is 14.2 Å². The van der Waals surface area contributed by atoms with Gasteiger partial charge in [0, 0.05) is 18.7 Å². The lowest BCUT2D eigenvalue weighted by Crippen LogP contribution is -2.51. The molecule has 5 aromatic rings. The number of carbonyl (C=O) groups is 4. The van der Waals surface area contributed by atoms with E-state index in [1.54, 1.807) is 0 Å². The van der Waals surface area contributed by atoms with Crippen LogP contribution in [0.2, 0.25) is 0 Å². The van der Waals surface area contributed by atoms with Gasteiger partial charge in [-0.15, -0.1) is 0 Å². The molecule has 0 spiro atoms. The molecule has 4 atom stereocenters. The van der Waals surface area contributed by atoms with Crippen LogP contribution in [0.1, 0.15) is 77.1 Å². The molecule has 7 rings (SSSR count). The molecule has 14 nitrogen and oxygen atoms in total. The van der Waals surface area contributed by atoms with E-state index in [4.69, 9.17) is 14.5 Å². The largest absolute Gasteiger partial charge is 0.453 e. The Morgan fingerprint density at radius 1 is 0.621 bits per heavy atom. The zero-order valence-corrected chi connectivity index (χ0v) is 33.9. The lowest BCUT2D eigenvalue weighted by Gasteiger charge is -2.30. The fraction of sp³-hybridized carbons (Fsp3) is 0.409. The van der Waals surface area contributed by atoms with E-state index in [0.717, 1.165) is 81.7 Å². The number of hydrogen-bond donors (Lipinski definition) is 4. The van der Waals surface area contributed by atoms with Crippen LogP contribution in [-0.2, 0) is 19.1 Å². The first kappa shape index (κ1) is 40.0. The highest BCUT2D eigenvalue weighted by molar-refractivity contribution is 5.91. The number of rotatable bonds is 11. The molecular formula is C44H52N8O6. The van der Waals surface area contributed by atoms with Crippen molar-refractivity contribution < 1.29 is 28.7 Å². The predicted molar refractivity (Wildman–Crippen MR) is 220 cm³/mol. The highest BCUT2D eigenvalue weighted by Gasteiger charge is 2.39. The standard InChI is InChI=1S/C44H52N8O6/c1-25(2)37(49-43(55)57-5)41(53)51-19-7-9-35(51)39-45-23-33(47-39)28-13-11-27(12-14-28)29-15-16-31-22-32(18-17-30(31)21-29)34-24-46-40(48-34)36-10-8-20-52(36)42(54)38(26(3)4)50-44(56)58-6/h11-18,21-26,35-38H,7-10,19-20H2,1-6H3,(H,45,47)(H,46,48)(H,49,55)(H,50,56). The second kappa shape index (κ2) is 17.1. The number of methoxy groups -OCH3 is 2. The van der Waals surface area contributed by atoms with Gasteiger partial charge >= 0.3 is 12.2 Å². The van der Waals surface area contributed by atoms with Crippen LogP contribution < -0.4 is 10.6 Å². The van der Waals surface area contributed by atoms with Crippen LogP contribution in [0.15, 0.2) is 73.1 Å². The van der Waals surface area contributed by atoms with Crippen molar-refractivity contribution in [3.8, 4) is 33.6 Å². The number of H-pyrrole nitrogens is 2. The number of imidazole rings is 2. The van der Waals surface area contributed by atoms with E-state index in [-0.39, 0.29) is 35.7 Å². The Hall–Kier alpha value is -6.18. The minimum atomic E-state index is -0.688. The third-order valence-electron chi connectivity index (χ3n) is 11.4. The van der Waals surface area contributed by atoms with Crippen molar-refractivity contribution >= 4 is 34.8 Å². The monoisotopic (exact) mass is 788 g/mol. The number of nitrogens with one attached hydrogen (secondary N) is 4. The third-order valence-corrected chi connectivity index (χ3v) is 11.4. The molecule has 4 amide bonds. The van der Waals surface area contributed by atoms with E-state index in [0.29, 0.717) is 13.1 Å². The van der Waals surface area contributed by atoms with Gasteiger partial charge in [-0.05, 0) is 77.1 Å². The summed E-state index contributed by atoms with van der Waals surface area (Å²) < 4.78 is 9.53. The van der Waals surface area contributed by atoms with E-state index in [9.17, 15) is 19.2 Å². The van der Waals surface area contributed by atoms with Crippen LogP contribution in [0.4, 0.5) is 9.59 Å². The van der Waals surface area contributed by atoms with Crippen LogP contribution in [0.5, 0.6) is 0 Å². The number of likely N-dealkylation sites (tertiary alicyclic amines) is 2. The summed E-state index contributed by atoms with van der Waals surface area (Å²) in [4.78, 5) is 71.0. The molecule has 2 aliphatic rings. The van der Waals surface area contributed by atoms with Crippen molar-refractivity contribution in [2.45, 2.75) is 77.5 Å². The smallest absolute Gasteiger partial charge is 0.407 e. The summed E-state index contributed by atoms with van der Waals surface area (Å²) in [5, 5.41) is 7.59. The number of aromatic nitrogens is 4. The molecule has 0 aliphatic carbocycles. The molecular weight excluding hydrogens is 737 g/mol. The Labute approximate surface area is 338 Å². The minimum absolute atomic E-state index is 0.104. The first-order valence-corrected chi connectivity index (χ1v) is 20.0. The number of alkyl carbamates (subject to hydrolysis) is 2. The molecule has 0 bridgehead atoms. The number of carbonyl (C=O) groups excluding carboxylic acids is 4. The van der Waals surface area contributed by atoms with Crippen molar-refractivity contribution in [1.29, 1.82) is 0 Å². The molecule has 3 aromatic carbocycles. The molecule has 4 unspecified atom stereocenters. The highest BCUT2D eigenvalue weighted by Crippen LogP contribution is 2.35. The van der Waals surface area contributed by atoms with E-state index in [2.05, 4.69) is 86.2 Å². The lowest BCUT2D eigenvalue weighted by molar-refractivity contribution is -0.136. The molecule has 304 valence electrons. The van der Waals surface area contributed by atoms with Gasteiger partial charge in [0.25, 0.3) is 0 Å². The van der Waals surface area contributed by atoms with Crippen molar-refractivity contribution in [3.63, 3.8) is 0 Å². The van der Waals surface area contributed by atoms with E-state index < -0.39 is 24.3 Å². The Balaban J connectivity index is 1.02. The zero-order chi connectivity index (χ0) is 41.1. The predicted octanol–water partition coefficient (Wildman–Crippen LogP) is 7.38. The van der Waals surface area contributed by atoms with Crippen molar-refractivity contribution in [2.75, 3.05) is 27.3 Å². The zero-order valence-electron chi connectivity index (χ0n) is 33.9. The van der Waals surface area contributed by atoms with Gasteiger partial charge < -0.3 is 39.9 Å². The Morgan fingerprint density at radius 2 is 1.03 bits per heavy atom. The maximum Gasteiger partial charge on any atom is 0.407 e. The number of fused-ring (bicyclic) bond motifs is 1. The summed E-state index contributed by atoms with van der Waals surface area (Å²) in [5.74, 6) is 0.972. The second-order valence-corrected chi connectivity index (χ2v) is 15.8. The van der Waals surface area contributed by atoms with Gasteiger partial charge in [0.05, 0.1) is 50.1 Å². The highest BCUT2D eigenvalue weighted by atomic mass is 16.5. The van der Waals surface area contributed by atoms with Gasteiger partial charge in [-0.1, -0.05) is 76.2 Å². The number of benzene rings is 3. The third kappa shape index (κ3) is 8.27. The molecule has 2 saturated heterocycles.